The van der Waals surface area contributed by atoms with E-state index in [0.29, 0.717) is 18.5 Å². The van der Waals surface area contributed by atoms with Gasteiger partial charge in [0.2, 0.25) is 5.91 Å². The number of hydrogen-bond acceptors (Lipinski definition) is 2. The average Bonchev–Trinajstić information content (AvgIpc) is 3.03. The molecule has 0 heterocycles. The molecule has 2 aliphatic rings. The molecule has 0 spiro atoms. The maximum atomic E-state index is 11.4. The van der Waals surface area contributed by atoms with Gasteiger partial charge in [-0.25, -0.2) is 0 Å². The molecule has 1 saturated carbocycles. The Morgan fingerprint density at radius 3 is 2.73 bits per heavy atom. The van der Waals surface area contributed by atoms with E-state index in [1.807, 2.05) is 0 Å². The first kappa shape index (κ1) is 10.7. The van der Waals surface area contributed by atoms with Gasteiger partial charge in [-0.05, 0) is 32.1 Å². The summed E-state index contributed by atoms with van der Waals surface area (Å²) in [7, 11) is 0. The molecule has 0 aliphatic heterocycles. The minimum absolute atomic E-state index is 0.205. The van der Waals surface area contributed by atoms with Crippen LogP contribution in [0.1, 0.15) is 38.5 Å². The lowest BCUT2D eigenvalue weighted by molar-refractivity contribution is -0.121. The van der Waals surface area contributed by atoms with E-state index in [1.54, 1.807) is 0 Å². The molecule has 1 fully saturated rings. The molecule has 0 aromatic carbocycles. The third-order valence-corrected chi connectivity index (χ3v) is 3.00. The largest absolute Gasteiger partial charge is 0.353 e. The van der Waals surface area contributed by atoms with Gasteiger partial charge in [-0.15, -0.1) is 0 Å². The van der Waals surface area contributed by atoms with E-state index >= 15 is 0 Å². The van der Waals surface area contributed by atoms with Crippen LogP contribution in [0.2, 0.25) is 0 Å². The highest BCUT2D eigenvalue weighted by Crippen LogP contribution is 2.18. The molecule has 0 aromatic heterocycles. The minimum Gasteiger partial charge on any atom is -0.353 e. The maximum Gasteiger partial charge on any atom is 0.221 e. The fourth-order valence-corrected chi connectivity index (χ4v) is 1.90. The number of hydrogen-bond donors (Lipinski definition) is 2. The van der Waals surface area contributed by atoms with Gasteiger partial charge in [0.05, 0.1) is 0 Å². The lowest BCUT2D eigenvalue weighted by Crippen LogP contribution is -2.34. The van der Waals surface area contributed by atoms with Crippen LogP contribution in [-0.2, 0) is 4.79 Å². The molecule has 1 unspecified atom stereocenters. The fraction of sp³-hybridized carbons (Fsp3) is 0.750. The molecule has 2 N–H and O–H groups in total. The molecule has 1 atom stereocenters. The molecule has 0 radical (unpaired) electrons. The smallest absolute Gasteiger partial charge is 0.221 e. The van der Waals surface area contributed by atoms with Crippen molar-refractivity contribution in [2.24, 2.45) is 0 Å². The molecule has 1 amide bonds. The first-order valence-electron chi connectivity index (χ1n) is 6.02. The van der Waals surface area contributed by atoms with Crippen LogP contribution < -0.4 is 10.6 Å². The standard InChI is InChI=1S/C12H20N2O/c15-12(14-11-6-7-11)8-9-13-10-4-2-1-3-5-10/h1-2,10-11,13H,3-9H2,(H,14,15). The number of allylic oxidation sites excluding steroid dienone is 1. The Morgan fingerprint density at radius 2 is 2.07 bits per heavy atom. The Labute approximate surface area is 91.3 Å². The number of carbonyl (C=O) groups excluding carboxylic acids is 1. The van der Waals surface area contributed by atoms with Crippen LogP contribution >= 0.6 is 0 Å². The normalized spacial score (nSPS) is 25.2. The molecular weight excluding hydrogens is 188 g/mol. The quantitative estimate of drug-likeness (QED) is 0.670. The van der Waals surface area contributed by atoms with E-state index in [1.165, 1.54) is 25.7 Å². The van der Waals surface area contributed by atoms with Gasteiger partial charge in [-0.3, -0.25) is 4.79 Å². The highest BCUT2D eigenvalue weighted by Gasteiger charge is 2.22. The Hall–Kier alpha value is -0.830. The zero-order valence-corrected chi connectivity index (χ0v) is 9.17. The van der Waals surface area contributed by atoms with Gasteiger partial charge in [0.1, 0.15) is 0 Å². The molecule has 0 aromatic rings. The molecule has 15 heavy (non-hydrogen) atoms. The van der Waals surface area contributed by atoms with E-state index in [9.17, 15) is 4.79 Å². The number of amides is 1. The first-order valence-corrected chi connectivity index (χ1v) is 6.02. The van der Waals surface area contributed by atoms with Crippen molar-refractivity contribution in [1.29, 1.82) is 0 Å². The second-order valence-electron chi connectivity index (χ2n) is 4.53. The zero-order valence-electron chi connectivity index (χ0n) is 9.17. The van der Waals surface area contributed by atoms with E-state index < -0.39 is 0 Å². The van der Waals surface area contributed by atoms with Gasteiger partial charge in [-0.2, -0.15) is 0 Å². The average molecular weight is 208 g/mol. The first-order chi connectivity index (χ1) is 7.34. The monoisotopic (exact) mass is 208 g/mol. The van der Waals surface area contributed by atoms with Gasteiger partial charge >= 0.3 is 0 Å². The van der Waals surface area contributed by atoms with Crippen LogP contribution in [-0.4, -0.2) is 24.5 Å². The second kappa shape index (κ2) is 5.31. The van der Waals surface area contributed by atoms with Crippen LogP contribution in [0.5, 0.6) is 0 Å². The van der Waals surface area contributed by atoms with Crippen molar-refractivity contribution in [2.75, 3.05) is 6.54 Å². The summed E-state index contributed by atoms with van der Waals surface area (Å²) in [6.07, 6.45) is 10.9. The van der Waals surface area contributed by atoms with Crippen molar-refractivity contribution >= 4 is 5.91 Å². The summed E-state index contributed by atoms with van der Waals surface area (Å²) in [5.74, 6) is 0.205. The van der Waals surface area contributed by atoms with Gasteiger partial charge in [0, 0.05) is 25.0 Å². The van der Waals surface area contributed by atoms with Crippen LogP contribution in [0.4, 0.5) is 0 Å². The predicted octanol–water partition coefficient (Wildman–Crippen LogP) is 1.35. The van der Waals surface area contributed by atoms with E-state index in [2.05, 4.69) is 22.8 Å². The summed E-state index contributed by atoms with van der Waals surface area (Å²) < 4.78 is 0. The lowest BCUT2D eigenvalue weighted by Gasteiger charge is -2.19. The Kier molecular flexibility index (Phi) is 3.78. The second-order valence-corrected chi connectivity index (χ2v) is 4.53. The molecule has 2 rings (SSSR count). The maximum absolute atomic E-state index is 11.4. The van der Waals surface area contributed by atoms with Crippen LogP contribution in [0.25, 0.3) is 0 Å². The molecule has 3 heteroatoms. The number of carbonyl (C=O) groups is 1. The topological polar surface area (TPSA) is 41.1 Å². The van der Waals surface area contributed by atoms with Crippen molar-refractivity contribution in [2.45, 2.75) is 50.6 Å². The Bertz CT molecular complexity index is 246. The minimum atomic E-state index is 0.205. The summed E-state index contributed by atoms with van der Waals surface area (Å²) in [6.45, 7) is 0.817. The lowest BCUT2D eigenvalue weighted by atomic mass is 10.0. The summed E-state index contributed by atoms with van der Waals surface area (Å²) in [4.78, 5) is 11.4. The van der Waals surface area contributed by atoms with E-state index in [0.717, 1.165) is 13.0 Å². The van der Waals surface area contributed by atoms with Crippen LogP contribution in [0.15, 0.2) is 12.2 Å². The fourth-order valence-electron chi connectivity index (χ4n) is 1.90. The number of rotatable bonds is 5. The van der Waals surface area contributed by atoms with Crippen LogP contribution in [0.3, 0.4) is 0 Å². The highest BCUT2D eigenvalue weighted by atomic mass is 16.1. The summed E-state index contributed by atoms with van der Waals surface area (Å²) >= 11 is 0. The zero-order chi connectivity index (χ0) is 10.5. The SMILES string of the molecule is O=C(CCNC1CC=CCC1)NC1CC1. The third kappa shape index (κ3) is 4.04. The van der Waals surface area contributed by atoms with Crippen molar-refractivity contribution < 1.29 is 4.79 Å². The van der Waals surface area contributed by atoms with Gasteiger partial charge in [0.15, 0.2) is 0 Å². The van der Waals surface area contributed by atoms with Gasteiger partial charge in [0.25, 0.3) is 0 Å². The molecule has 0 saturated heterocycles. The molecule has 3 nitrogen and oxygen atoms in total. The molecule has 2 aliphatic carbocycles. The summed E-state index contributed by atoms with van der Waals surface area (Å²) in [5.41, 5.74) is 0. The van der Waals surface area contributed by atoms with Crippen molar-refractivity contribution in [1.82, 2.24) is 10.6 Å². The van der Waals surface area contributed by atoms with Crippen molar-refractivity contribution in [3.63, 3.8) is 0 Å². The predicted molar refractivity (Wildman–Crippen MR) is 60.6 cm³/mol. The molecular formula is C12H20N2O. The highest BCUT2D eigenvalue weighted by molar-refractivity contribution is 5.76. The van der Waals surface area contributed by atoms with Crippen LogP contribution in [0, 0.1) is 0 Å². The van der Waals surface area contributed by atoms with Gasteiger partial charge in [-0.1, -0.05) is 12.2 Å². The Balaban J connectivity index is 1.53. The third-order valence-electron chi connectivity index (χ3n) is 3.00. The molecule has 0 bridgehead atoms. The summed E-state index contributed by atoms with van der Waals surface area (Å²) in [5, 5.41) is 6.43. The van der Waals surface area contributed by atoms with E-state index in [4.69, 9.17) is 0 Å². The van der Waals surface area contributed by atoms with Crippen molar-refractivity contribution in [3.05, 3.63) is 12.2 Å². The van der Waals surface area contributed by atoms with Gasteiger partial charge < -0.3 is 10.6 Å². The summed E-state index contributed by atoms with van der Waals surface area (Å²) in [6, 6.07) is 1.08. The number of nitrogens with one attached hydrogen (secondary N) is 2. The molecule has 84 valence electrons. The van der Waals surface area contributed by atoms with E-state index in [-0.39, 0.29) is 5.91 Å². The Morgan fingerprint density at radius 1 is 1.20 bits per heavy atom. The van der Waals surface area contributed by atoms with Crippen molar-refractivity contribution in [3.8, 4) is 0 Å².